The second-order valence-electron chi connectivity index (χ2n) is 7.03. The van der Waals surface area contributed by atoms with Gasteiger partial charge in [-0.15, -0.1) is 0 Å². The highest BCUT2D eigenvalue weighted by Crippen LogP contribution is 2.29. The lowest BCUT2D eigenvalue weighted by Gasteiger charge is -2.16. The highest BCUT2D eigenvalue weighted by Gasteiger charge is 2.13. The van der Waals surface area contributed by atoms with E-state index in [0.29, 0.717) is 34.6 Å². The second-order valence-corrected chi connectivity index (χ2v) is 7.47. The smallest absolute Gasteiger partial charge is 0.246 e. The number of hydrogen-bond acceptors (Lipinski definition) is 5. The van der Waals surface area contributed by atoms with Gasteiger partial charge in [0.05, 0.1) is 33.1 Å². The molecule has 0 saturated carbocycles. The van der Waals surface area contributed by atoms with Crippen LogP contribution in [-0.2, 0) is 9.59 Å². The molecule has 2 aromatic carbocycles. The number of carbonyl (C=O) groups excluding carboxylic acids is 2. The number of likely N-dealkylation sites (N-methyl/N-ethyl adjacent to an activating group) is 1. The Balaban J connectivity index is 1.96. The lowest BCUT2D eigenvalue weighted by atomic mass is 10.2. The van der Waals surface area contributed by atoms with Crippen molar-refractivity contribution in [3.8, 4) is 17.2 Å². The molecule has 2 aromatic rings. The van der Waals surface area contributed by atoms with Crippen LogP contribution in [0.5, 0.6) is 17.2 Å². The Bertz CT molecular complexity index is 961. The summed E-state index contributed by atoms with van der Waals surface area (Å²) < 4.78 is 16.3. The molecule has 0 radical (unpaired) electrons. The van der Waals surface area contributed by atoms with Crippen molar-refractivity contribution in [1.82, 2.24) is 4.90 Å². The number of rotatable bonds is 11. The Morgan fingerprint density at radius 2 is 1.78 bits per heavy atom. The molecule has 172 valence electrons. The first-order valence-corrected chi connectivity index (χ1v) is 10.6. The molecule has 0 unspecified atom stereocenters. The van der Waals surface area contributed by atoms with Crippen molar-refractivity contribution in [3.63, 3.8) is 0 Å². The molecular formula is C24H29ClN2O5. The van der Waals surface area contributed by atoms with Crippen LogP contribution in [0.25, 0.3) is 6.08 Å². The summed E-state index contributed by atoms with van der Waals surface area (Å²) in [6.07, 6.45) is 5.07. The average molecular weight is 461 g/mol. The largest absolute Gasteiger partial charge is 0.495 e. The van der Waals surface area contributed by atoms with Crippen molar-refractivity contribution < 1.29 is 23.8 Å². The van der Waals surface area contributed by atoms with Crippen LogP contribution in [0.2, 0.25) is 5.02 Å². The van der Waals surface area contributed by atoms with E-state index in [1.807, 2.05) is 12.1 Å². The molecule has 1 N–H and O–H groups in total. The van der Waals surface area contributed by atoms with Crippen LogP contribution in [0.3, 0.4) is 0 Å². The van der Waals surface area contributed by atoms with Crippen molar-refractivity contribution in [2.75, 3.05) is 39.7 Å². The molecule has 0 bridgehead atoms. The molecule has 0 spiro atoms. The van der Waals surface area contributed by atoms with Crippen molar-refractivity contribution in [2.24, 2.45) is 0 Å². The van der Waals surface area contributed by atoms with E-state index < -0.39 is 0 Å². The van der Waals surface area contributed by atoms with Gasteiger partial charge in [0.2, 0.25) is 11.8 Å². The van der Waals surface area contributed by atoms with E-state index in [0.717, 1.165) is 18.4 Å². The third-order valence-electron chi connectivity index (χ3n) is 4.55. The van der Waals surface area contributed by atoms with Gasteiger partial charge in [-0.2, -0.15) is 0 Å². The number of amides is 2. The maximum Gasteiger partial charge on any atom is 0.246 e. The number of ether oxygens (including phenoxy) is 3. The summed E-state index contributed by atoms with van der Waals surface area (Å²) in [6, 6.07) is 10.4. The maximum absolute atomic E-state index is 12.4. The van der Waals surface area contributed by atoms with Crippen molar-refractivity contribution in [2.45, 2.75) is 19.8 Å². The summed E-state index contributed by atoms with van der Waals surface area (Å²) in [4.78, 5) is 26.1. The Kier molecular flexibility index (Phi) is 9.88. The van der Waals surface area contributed by atoms with Gasteiger partial charge < -0.3 is 24.4 Å². The van der Waals surface area contributed by atoms with E-state index in [1.54, 1.807) is 44.5 Å². The minimum Gasteiger partial charge on any atom is -0.495 e. The van der Waals surface area contributed by atoms with Crippen molar-refractivity contribution in [1.29, 1.82) is 0 Å². The summed E-state index contributed by atoms with van der Waals surface area (Å²) in [7, 11) is 4.62. The van der Waals surface area contributed by atoms with Gasteiger partial charge in [-0.25, -0.2) is 0 Å². The molecule has 0 aliphatic carbocycles. The molecule has 0 aromatic heterocycles. The fraction of sp³-hybridized carbons (Fsp3) is 0.333. The SMILES string of the molecule is CCCCOc1ccc(/C=C/C(=O)N(C)CC(=O)Nc2cc(Cl)ccc2OC)cc1OC. The highest BCUT2D eigenvalue weighted by molar-refractivity contribution is 6.31. The third kappa shape index (κ3) is 7.50. The number of hydrogen-bond donors (Lipinski definition) is 1. The van der Waals surface area contributed by atoms with E-state index in [9.17, 15) is 9.59 Å². The van der Waals surface area contributed by atoms with Crippen LogP contribution in [0, 0.1) is 0 Å². The predicted molar refractivity (Wildman–Crippen MR) is 127 cm³/mol. The van der Waals surface area contributed by atoms with E-state index >= 15 is 0 Å². The molecule has 0 saturated heterocycles. The van der Waals surface area contributed by atoms with E-state index in [1.165, 1.54) is 18.1 Å². The Morgan fingerprint density at radius 1 is 1.06 bits per heavy atom. The van der Waals surface area contributed by atoms with Crippen LogP contribution in [0.4, 0.5) is 5.69 Å². The monoisotopic (exact) mass is 460 g/mol. The number of methoxy groups -OCH3 is 2. The van der Waals surface area contributed by atoms with Gasteiger partial charge in [0.15, 0.2) is 11.5 Å². The fourth-order valence-corrected chi connectivity index (χ4v) is 2.96. The predicted octanol–water partition coefficient (Wildman–Crippen LogP) is 4.65. The van der Waals surface area contributed by atoms with Crippen LogP contribution >= 0.6 is 11.6 Å². The Morgan fingerprint density at radius 3 is 2.47 bits per heavy atom. The summed E-state index contributed by atoms with van der Waals surface area (Å²) in [6.45, 7) is 2.58. The molecule has 0 aliphatic rings. The van der Waals surface area contributed by atoms with E-state index in [-0.39, 0.29) is 18.4 Å². The second kappa shape index (κ2) is 12.6. The van der Waals surface area contributed by atoms with Gasteiger partial charge in [-0.1, -0.05) is 31.0 Å². The number of nitrogens with zero attached hydrogens (tertiary/aromatic N) is 1. The quantitative estimate of drug-likeness (QED) is 0.390. The van der Waals surface area contributed by atoms with Gasteiger partial charge >= 0.3 is 0 Å². The lowest BCUT2D eigenvalue weighted by Crippen LogP contribution is -2.33. The summed E-state index contributed by atoms with van der Waals surface area (Å²) in [5.74, 6) is 1.05. The number of carbonyl (C=O) groups is 2. The zero-order valence-electron chi connectivity index (χ0n) is 18.8. The number of nitrogens with one attached hydrogen (secondary N) is 1. The van der Waals surface area contributed by atoms with Gasteiger partial charge in [0, 0.05) is 18.1 Å². The minimum atomic E-state index is -0.370. The average Bonchev–Trinajstić information content (AvgIpc) is 2.78. The van der Waals surface area contributed by atoms with Crippen molar-refractivity contribution >= 4 is 35.2 Å². The molecule has 7 nitrogen and oxygen atoms in total. The van der Waals surface area contributed by atoms with Gasteiger partial charge in [0.25, 0.3) is 0 Å². The van der Waals surface area contributed by atoms with Crippen LogP contribution < -0.4 is 19.5 Å². The number of halogens is 1. The molecule has 0 aliphatic heterocycles. The van der Waals surface area contributed by atoms with Gasteiger partial charge in [-0.05, 0) is 48.4 Å². The highest BCUT2D eigenvalue weighted by atomic mass is 35.5. The summed E-state index contributed by atoms with van der Waals surface area (Å²) in [5.41, 5.74) is 1.22. The van der Waals surface area contributed by atoms with Crippen molar-refractivity contribution in [3.05, 3.63) is 53.1 Å². The van der Waals surface area contributed by atoms with Crippen LogP contribution in [0.1, 0.15) is 25.3 Å². The van der Waals surface area contributed by atoms with Crippen LogP contribution in [0.15, 0.2) is 42.5 Å². The molecule has 32 heavy (non-hydrogen) atoms. The number of unbranched alkanes of at least 4 members (excludes halogenated alkanes) is 1. The third-order valence-corrected chi connectivity index (χ3v) is 4.79. The van der Waals surface area contributed by atoms with Crippen LogP contribution in [-0.4, -0.2) is 51.1 Å². The molecule has 0 heterocycles. The van der Waals surface area contributed by atoms with Gasteiger partial charge in [-0.3, -0.25) is 9.59 Å². The maximum atomic E-state index is 12.4. The zero-order chi connectivity index (χ0) is 23.5. The fourth-order valence-electron chi connectivity index (χ4n) is 2.79. The topological polar surface area (TPSA) is 77.1 Å². The van der Waals surface area contributed by atoms with E-state index in [4.69, 9.17) is 25.8 Å². The molecular weight excluding hydrogens is 432 g/mol. The summed E-state index contributed by atoms with van der Waals surface area (Å²) >= 11 is 5.98. The molecule has 2 amide bonds. The first kappa shape index (κ1) is 25.1. The molecule has 2 rings (SSSR count). The summed E-state index contributed by atoms with van der Waals surface area (Å²) in [5, 5.41) is 3.17. The molecule has 0 fully saturated rings. The zero-order valence-corrected chi connectivity index (χ0v) is 19.6. The number of anilines is 1. The first-order valence-electron chi connectivity index (χ1n) is 10.2. The Labute approximate surface area is 193 Å². The normalized spacial score (nSPS) is 10.7. The minimum absolute atomic E-state index is 0.133. The van der Waals surface area contributed by atoms with Gasteiger partial charge in [0.1, 0.15) is 5.75 Å². The Hall–Kier alpha value is -3.19. The van der Waals surface area contributed by atoms with E-state index in [2.05, 4.69) is 12.2 Å². The molecule has 0 atom stereocenters. The number of benzene rings is 2. The lowest BCUT2D eigenvalue weighted by molar-refractivity contribution is -0.129. The first-order chi connectivity index (χ1) is 15.4. The standard InChI is InChI=1S/C24H29ClN2O5/c1-5-6-13-32-21-10-7-17(14-22(21)31-4)8-12-24(29)27(2)16-23(28)26-19-15-18(25)9-11-20(19)30-3/h7-12,14-15H,5-6,13,16H2,1-4H3,(H,26,28)/b12-8+. The molecule has 8 heteroatoms.